The van der Waals surface area contributed by atoms with Gasteiger partial charge in [-0.1, -0.05) is 6.07 Å². The molecule has 0 amide bonds. The summed E-state index contributed by atoms with van der Waals surface area (Å²) in [5.41, 5.74) is -0.311. The minimum absolute atomic E-state index is 0.207. The van der Waals surface area contributed by atoms with Crippen molar-refractivity contribution in [3.05, 3.63) is 50.7 Å². The van der Waals surface area contributed by atoms with E-state index in [1.54, 1.807) is 6.07 Å². The van der Waals surface area contributed by atoms with Gasteiger partial charge in [0.2, 0.25) is 12.7 Å². The smallest absolute Gasteiger partial charge is 0.331 e. The summed E-state index contributed by atoms with van der Waals surface area (Å²) in [4.78, 5) is 24.7. The summed E-state index contributed by atoms with van der Waals surface area (Å²) in [5, 5.41) is 9.60. The molecule has 7 nitrogen and oxygen atoms in total. The Hall–Kier alpha value is -2.70. The van der Waals surface area contributed by atoms with Crippen LogP contribution in [-0.4, -0.2) is 21.5 Å². The normalized spacial score (nSPS) is 12.6. The monoisotopic (exact) mass is 276 g/mol. The van der Waals surface area contributed by atoms with E-state index in [0.29, 0.717) is 17.9 Å². The van der Waals surface area contributed by atoms with E-state index in [0.717, 1.165) is 16.2 Å². The van der Waals surface area contributed by atoms with Gasteiger partial charge < -0.3 is 14.6 Å². The van der Waals surface area contributed by atoms with Gasteiger partial charge in [0.25, 0.3) is 5.56 Å². The molecule has 2 heterocycles. The maximum Gasteiger partial charge on any atom is 0.331 e. The van der Waals surface area contributed by atoms with Crippen molar-refractivity contribution in [1.82, 2.24) is 9.55 Å². The summed E-state index contributed by atoms with van der Waals surface area (Å²) in [7, 11) is 0. The van der Waals surface area contributed by atoms with Crippen LogP contribution in [0, 0.1) is 0 Å². The van der Waals surface area contributed by atoms with Gasteiger partial charge in [-0.05, 0) is 24.1 Å². The van der Waals surface area contributed by atoms with Gasteiger partial charge in [0.15, 0.2) is 11.5 Å². The number of H-pyrrole nitrogens is 1. The van der Waals surface area contributed by atoms with Gasteiger partial charge in [-0.15, -0.1) is 0 Å². The van der Waals surface area contributed by atoms with Gasteiger partial charge in [-0.2, -0.15) is 0 Å². The predicted molar refractivity (Wildman–Crippen MR) is 69.3 cm³/mol. The number of ether oxygens (including phenoxy) is 2. The van der Waals surface area contributed by atoms with Crippen LogP contribution in [0.1, 0.15) is 5.56 Å². The molecule has 0 spiro atoms. The van der Waals surface area contributed by atoms with E-state index in [-0.39, 0.29) is 19.2 Å². The molecule has 0 aliphatic carbocycles. The van der Waals surface area contributed by atoms with Crippen LogP contribution in [0.15, 0.2) is 33.9 Å². The number of aromatic amines is 1. The van der Waals surface area contributed by atoms with Crippen molar-refractivity contribution >= 4 is 0 Å². The molecule has 0 saturated carbocycles. The average Bonchev–Trinajstić information content (AvgIpc) is 2.84. The third-order valence-corrected chi connectivity index (χ3v) is 3.07. The van der Waals surface area contributed by atoms with Crippen LogP contribution in [0.3, 0.4) is 0 Å². The summed E-state index contributed by atoms with van der Waals surface area (Å²) < 4.78 is 11.6. The number of hydrogen-bond donors (Lipinski definition) is 2. The molecule has 0 bridgehead atoms. The number of fused-ring (bicyclic) bond motifs is 1. The molecule has 104 valence electrons. The Morgan fingerprint density at radius 1 is 1.20 bits per heavy atom. The first-order valence-corrected chi connectivity index (χ1v) is 6.05. The Balaban J connectivity index is 1.80. The lowest BCUT2D eigenvalue weighted by molar-refractivity contribution is 0.174. The van der Waals surface area contributed by atoms with Crippen LogP contribution in [0.2, 0.25) is 0 Å². The van der Waals surface area contributed by atoms with E-state index in [2.05, 4.69) is 4.98 Å². The Bertz CT molecular complexity index is 762. The molecule has 1 aromatic heterocycles. The lowest BCUT2D eigenvalue weighted by Crippen LogP contribution is -2.29. The van der Waals surface area contributed by atoms with E-state index in [1.165, 1.54) is 0 Å². The molecule has 1 aliphatic rings. The van der Waals surface area contributed by atoms with E-state index < -0.39 is 11.2 Å². The van der Waals surface area contributed by atoms with Crippen molar-refractivity contribution in [2.45, 2.75) is 13.0 Å². The molecule has 1 aliphatic heterocycles. The van der Waals surface area contributed by atoms with Gasteiger partial charge in [0, 0.05) is 6.54 Å². The average molecular weight is 276 g/mol. The molecular weight excluding hydrogens is 264 g/mol. The second-order valence-electron chi connectivity index (χ2n) is 4.39. The molecule has 2 N–H and O–H groups in total. The van der Waals surface area contributed by atoms with Crippen LogP contribution >= 0.6 is 0 Å². The van der Waals surface area contributed by atoms with Crippen LogP contribution < -0.4 is 20.7 Å². The fraction of sp³-hybridized carbons (Fsp3) is 0.231. The topological polar surface area (TPSA) is 93.5 Å². The molecule has 0 fully saturated rings. The largest absolute Gasteiger partial charge is 0.494 e. The zero-order chi connectivity index (χ0) is 14.1. The lowest BCUT2D eigenvalue weighted by atomic mass is 10.1. The molecule has 7 heteroatoms. The third kappa shape index (κ3) is 2.25. The van der Waals surface area contributed by atoms with E-state index in [4.69, 9.17) is 9.47 Å². The van der Waals surface area contributed by atoms with Crippen molar-refractivity contribution in [3.63, 3.8) is 0 Å². The number of aryl methyl sites for hydroxylation is 1. The Labute approximate surface area is 113 Å². The predicted octanol–water partition coefficient (Wildman–Crippen LogP) is 0.214. The molecule has 0 saturated heterocycles. The molecule has 0 atom stereocenters. The first-order chi connectivity index (χ1) is 9.63. The maximum absolute atomic E-state index is 11.6. The van der Waals surface area contributed by atoms with Crippen molar-refractivity contribution in [1.29, 1.82) is 0 Å². The van der Waals surface area contributed by atoms with Crippen LogP contribution in [0.25, 0.3) is 0 Å². The summed E-state index contributed by atoms with van der Waals surface area (Å²) in [5.74, 6) is 1.01. The maximum atomic E-state index is 11.6. The molecular formula is C13H12N2O5. The summed E-state index contributed by atoms with van der Waals surface area (Å²) in [6.07, 6.45) is 0.510. The molecule has 0 unspecified atom stereocenters. The molecule has 0 radical (unpaired) electrons. The second kappa shape index (κ2) is 4.76. The highest BCUT2D eigenvalue weighted by atomic mass is 16.7. The lowest BCUT2D eigenvalue weighted by Gasteiger charge is -2.07. The minimum Gasteiger partial charge on any atom is -0.494 e. The number of benzene rings is 1. The van der Waals surface area contributed by atoms with Crippen molar-refractivity contribution in [2.75, 3.05) is 6.79 Å². The van der Waals surface area contributed by atoms with Gasteiger partial charge in [0.1, 0.15) is 0 Å². The molecule has 20 heavy (non-hydrogen) atoms. The van der Waals surface area contributed by atoms with Crippen LogP contribution in [-0.2, 0) is 13.0 Å². The summed E-state index contributed by atoms with van der Waals surface area (Å²) in [6, 6.07) is 6.46. The Morgan fingerprint density at radius 2 is 2.00 bits per heavy atom. The number of nitrogens with one attached hydrogen (secondary N) is 1. The van der Waals surface area contributed by atoms with Crippen molar-refractivity contribution in [3.8, 4) is 17.4 Å². The number of nitrogens with zero attached hydrogens (tertiary/aromatic N) is 1. The van der Waals surface area contributed by atoms with E-state index in [1.807, 2.05) is 12.1 Å². The second-order valence-corrected chi connectivity index (χ2v) is 4.39. The fourth-order valence-corrected chi connectivity index (χ4v) is 2.06. The van der Waals surface area contributed by atoms with Gasteiger partial charge in [-0.3, -0.25) is 14.3 Å². The van der Waals surface area contributed by atoms with E-state index >= 15 is 0 Å². The number of rotatable bonds is 3. The Morgan fingerprint density at radius 3 is 2.80 bits per heavy atom. The number of hydrogen-bond acceptors (Lipinski definition) is 5. The molecule has 2 aromatic rings. The standard InChI is InChI=1S/C13H12N2O5/c16-11-6-12(17)15(13(18)14-11)4-3-8-1-2-9-10(5-8)20-7-19-9/h1-2,5-6,17H,3-4,7H2,(H,14,16,18). The van der Waals surface area contributed by atoms with Gasteiger partial charge >= 0.3 is 5.69 Å². The number of aromatic nitrogens is 2. The van der Waals surface area contributed by atoms with Crippen LogP contribution in [0.5, 0.6) is 17.4 Å². The Kier molecular flexibility index (Phi) is 2.94. The summed E-state index contributed by atoms with van der Waals surface area (Å²) >= 11 is 0. The zero-order valence-corrected chi connectivity index (χ0v) is 10.5. The van der Waals surface area contributed by atoms with Crippen molar-refractivity contribution < 1.29 is 14.6 Å². The van der Waals surface area contributed by atoms with Gasteiger partial charge in [-0.25, -0.2) is 4.79 Å². The minimum atomic E-state index is -0.629. The van der Waals surface area contributed by atoms with E-state index in [9.17, 15) is 14.7 Å². The number of aromatic hydroxyl groups is 1. The molecule has 3 rings (SSSR count). The highest BCUT2D eigenvalue weighted by Crippen LogP contribution is 2.32. The summed E-state index contributed by atoms with van der Waals surface area (Å²) in [6.45, 7) is 0.458. The third-order valence-electron chi connectivity index (χ3n) is 3.07. The first-order valence-electron chi connectivity index (χ1n) is 6.05. The van der Waals surface area contributed by atoms with Crippen molar-refractivity contribution in [2.24, 2.45) is 0 Å². The fourth-order valence-electron chi connectivity index (χ4n) is 2.06. The SMILES string of the molecule is O=c1cc(O)n(CCc2ccc3c(c2)OCO3)c(=O)[nH]1. The van der Waals surface area contributed by atoms with Crippen LogP contribution in [0.4, 0.5) is 0 Å². The molecule has 1 aromatic carbocycles. The first kappa shape index (κ1) is 12.3. The van der Waals surface area contributed by atoms with Gasteiger partial charge in [0.05, 0.1) is 6.07 Å². The highest BCUT2D eigenvalue weighted by Gasteiger charge is 2.13. The zero-order valence-electron chi connectivity index (χ0n) is 10.5. The highest BCUT2D eigenvalue weighted by molar-refractivity contribution is 5.44. The quantitative estimate of drug-likeness (QED) is 0.836.